The Kier molecular flexibility index (Phi) is 3.75. The average molecular weight is 261 g/mol. The second kappa shape index (κ2) is 5.17. The van der Waals surface area contributed by atoms with Crippen LogP contribution < -0.4 is 10.6 Å². The maximum absolute atomic E-state index is 7.48. The largest absolute Gasteiger partial charge is 0.384 e. The van der Waals surface area contributed by atoms with Crippen LogP contribution in [0, 0.1) is 5.41 Å². The number of pyridine rings is 1. The Morgan fingerprint density at radius 3 is 2.42 bits per heavy atom. The van der Waals surface area contributed by atoms with Crippen LogP contribution in [0.2, 0.25) is 0 Å². The molecule has 1 aromatic rings. The zero-order valence-corrected chi connectivity index (χ0v) is 12.0. The fraction of sp³-hybridized carbons (Fsp3) is 0.571. The first-order valence-corrected chi connectivity index (χ1v) is 6.68. The maximum Gasteiger partial charge on any atom is 0.129 e. The summed E-state index contributed by atoms with van der Waals surface area (Å²) in [7, 11) is 0. The summed E-state index contributed by atoms with van der Waals surface area (Å²) < 4.78 is 0. The van der Waals surface area contributed by atoms with E-state index < -0.39 is 0 Å². The number of nitrogens with one attached hydrogen (secondary N) is 1. The molecular weight excluding hydrogens is 238 g/mol. The molecule has 0 amide bonds. The number of rotatable bonds is 2. The van der Waals surface area contributed by atoms with Gasteiger partial charge in [-0.3, -0.25) is 10.3 Å². The van der Waals surface area contributed by atoms with Crippen LogP contribution in [-0.4, -0.2) is 47.4 Å². The molecule has 0 radical (unpaired) electrons. The van der Waals surface area contributed by atoms with Crippen molar-refractivity contribution < 1.29 is 0 Å². The lowest BCUT2D eigenvalue weighted by Gasteiger charge is -2.42. The third-order valence-corrected chi connectivity index (χ3v) is 3.61. The van der Waals surface area contributed by atoms with Crippen LogP contribution in [0.25, 0.3) is 0 Å². The SMILES string of the molecule is CC(C)(C)N1CCN(c2cc(C(=N)N)ccn2)CC1. The molecule has 0 spiro atoms. The Bertz CT molecular complexity index is 455. The van der Waals surface area contributed by atoms with Gasteiger partial charge in [0.1, 0.15) is 11.7 Å². The van der Waals surface area contributed by atoms with Crippen molar-refractivity contribution in [1.82, 2.24) is 9.88 Å². The summed E-state index contributed by atoms with van der Waals surface area (Å²) in [5.74, 6) is 1.01. The van der Waals surface area contributed by atoms with Crippen LogP contribution in [0.3, 0.4) is 0 Å². The highest BCUT2D eigenvalue weighted by atomic mass is 15.3. The number of piperazine rings is 1. The number of hydrogen-bond acceptors (Lipinski definition) is 4. The maximum atomic E-state index is 7.48. The van der Waals surface area contributed by atoms with Gasteiger partial charge in [0.15, 0.2) is 0 Å². The van der Waals surface area contributed by atoms with Gasteiger partial charge in [-0.15, -0.1) is 0 Å². The van der Waals surface area contributed by atoms with E-state index in [-0.39, 0.29) is 11.4 Å². The van der Waals surface area contributed by atoms with E-state index in [1.165, 1.54) is 0 Å². The molecule has 1 aliphatic rings. The van der Waals surface area contributed by atoms with Gasteiger partial charge in [0.25, 0.3) is 0 Å². The van der Waals surface area contributed by atoms with Crippen molar-refractivity contribution in [3.8, 4) is 0 Å². The molecule has 0 bridgehead atoms. The lowest BCUT2D eigenvalue weighted by atomic mass is 10.0. The Balaban J connectivity index is 2.05. The summed E-state index contributed by atoms with van der Waals surface area (Å²) in [5.41, 5.74) is 6.48. The molecule has 0 aromatic carbocycles. The minimum Gasteiger partial charge on any atom is -0.384 e. The molecule has 2 heterocycles. The van der Waals surface area contributed by atoms with E-state index in [4.69, 9.17) is 11.1 Å². The number of anilines is 1. The van der Waals surface area contributed by atoms with Gasteiger partial charge in [0.2, 0.25) is 0 Å². The molecule has 5 nitrogen and oxygen atoms in total. The van der Waals surface area contributed by atoms with E-state index in [1.807, 2.05) is 6.07 Å². The molecule has 0 saturated carbocycles. The monoisotopic (exact) mass is 261 g/mol. The zero-order valence-electron chi connectivity index (χ0n) is 12.0. The standard InChI is InChI=1S/C14H23N5/c1-14(2,3)19-8-6-18(7-9-19)12-10-11(13(15)16)4-5-17-12/h4-5,10H,6-9H2,1-3H3,(H3,15,16). The Labute approximate surface area is 114 Å². The van der Waals surface area contributed by atoms with Crippen LogP contribution in [0.1, 0.15) is 26.3 Å². The third-order valence-electron chi connectivity index (χ3n) is 3.61. The highest BCUT2D eigenvalue weighted by Gasteiger charge is 2.26. The lowest BCUT2D eigenvalue weighted by Crippen LogP contribution is -2.53. The summed E-state index contributed by atoms with van der Waals surface area (Å²) in [6, 6.07) is 3.67. The fourth-order valence-corrected chi connectivity index (χ4v) is 2.37. The molecular formula is C14H23N5. The van der Waals surface area contributed by atoms with E-state index in [0.717, 1.165) is 37.6 Å². The lowest BCUT2D eigenvalue weighted by molar-refractivity contribution is 0.128. The molecule has 1 aromatic heterocycles. The topological polar surface area (TPSA) is 69.2 Å². The molecule has 3 N–H and O–H groups in total. The van der Waals surface area contributed by atoms with Gasteiger partial charge in [0, 0.05) is 43.5 Å². The molecule has 5 heteroatoms. The van der Waals surface area contributed by atoms with Crippen molar-refractivity contribution in [2.75, 3.05) is 31.1 Å². The molecule has 1 aliphatic heterocycles. The van der Waals surface area contributed by atoms with E-state index in [2.05, 4.69) is 35.6 Å². The molecule has 1 saturated heterocycles. The highest BCUT2D eigenvalue weighted by Crippen LogP contribution is 2.19. The van der Waals surface area contributed by atoms with Crippen molar-refractivity contribution in [3.05, 3.63) is 23.9 Å². The van der Waals surface area contributed by atoms with E-state index in [0.29, 0.717) is 0 Å². The Morgan fingerprint density at radius 1 is 1.26 bits per heavy atom. The molecule has 0 atom stereocenters. The predicted molar refractivity (Wildman–Crippen MR) is 78.8 cm³/mol. The summed E-state index contributed by atoms with van der Waals surface area (Å²) in [5, 5.41) is 7.48. The first kappa shape index (κ1) is 13.8. The molecule has 0 aliphatic carbocycles. The first-order chi connectivity index (χ1) is 8.88. The molecule has 104 valence electrons. The quantitative estimate of drug-likeness (QED) is 0.621. The van der Waals surface area contributed by atoms with E-state index >= 15 is 0 Å². The van der Waals surface area contributed by atoms with Gasteiger partial charge >= 0.3 is 0 Å². The van der Waals surface area contributed by atoms with Crippen LogP contribution in [0.5, 0.6) is 0 Å². The van der Waals surface area contributed by atoms with Gasteiger partial charge in [0.05, 0.1) is 0 Å². The number of nitrogens with two attached hydrogens (primary N) is 1. The first-order valence-electron chi connectivity index (χ1n) is 6.68. The Hall–Kier alpha value is -1.62. The van der Waals surface area contributed by atoms with Crippen LogP contribution in [0.15, 0.2) is 18.3 Å². The molecule has 1 fully saturated rings. The van der Waals surface area contributed by atoms with Crippen LogP contribution in [0.4, 0.5) is 5.82 Å². The van der Waals surface area contributed by atoms with Crippen molar-refractivity contribution >= 4 is 11.7 Å². The fourth-order valence-electron chi connectivity index (χ4n) is 2.37. The smallest absolute Gasteiger partial charge is 0.129 e. The summed E-state index contributed by atoms with van der Waals surface area (Å²) in [6.07, 6.45) is 1.72. The summed E-state index contributed by atoms with van der Waals surface area (Å²) >= 11 is 0. The van der Waals surface area contributed by atoms with Crippen molar-refractivity contribution in [2.45, 2.75) is 26.3 Å². The van der Waals surface area contributed by atoms with Gasteiger partial charge < -0.3 is 10.6 Å². The second-order valence-corrected chi connectivity index (χ2v) is 5.96. The highest BCUT2D eigenvalue weighted by molar-refractivity contribution is 5.95. The minimum absolute atomic E-state index is 0.0944. The normalized spacial score (nSPS) is 17.5. The van der Waals surface area contributed by atoms with Crippen molar-refractivity contribution in [3.63, 3.8) is 0 Å². The van der Waals surface area contributed by atoms with Crippen molar-refractivity contribution in [2.24, 2.45) is 5.73 Å². The van der Waals surface area contributed by atoms with Gasteiger partial charge in [-0.1, -0.05) is 0 Å². The summed E-state index contributed by atoms with van der Waals surface area (Å²) in [6.45, 7) is 10.7. The molecule has 2 rings (SSSR count). The second-order valence-electron chi connectivity index (χ2n) is 5.96. The minimum atomic E-state index is 0.0944. The summed E-state index contributed by atoms with van der Waals surface area (Å²) in [4.78, 5) is 9.13. The number of aromatic nitrogens is 1. The number of hydrogen-bond donors (Lipinski definition) is 2. The van der Waals surface area contributed by atoms with Gasteiger partial charge in [-0.05, 0) is 32.9 Å². The average Bonchev–Trinajstić information content (AvgIpc) is 2.38. The third kappa shape index (κ3) is 3.23. The number of nitrogens with zero attached hydrogens (tertiary/aromatic N) is 3. The van der Waals surface area contributed by atoms with E-state index in [1.54, 1.807) is 12.3 Å². The van der Waals surface area contributed by atoms with Gasteiger partial charge in [-0.2, -0.15) is 0 Å². The van der Waals surface area contributed by atoms with Crippen molar-refractivity contribution in [1.29, 1.82) is 5.41 Å². The van der Waals surface area contributed by atoms with Crippen LogP contribution >= 0.6 is 0 Å². The molecule has 19 heavy (non-hydrogen) atoms. The van der Waals surface area contributed by atoms with Crippen LogP contribution in [-0.2, 0) is 0 Å². The van der Waals surface area contributed by atoms with Gasteiger partial charge in [-0.25, -0.2) is 4.98 Å². The molecule has 0 unspecified atom stereocenters. The number of nitrogen functional groups attached to an aromatic ring is 1. The number of amidine groups is 1. The predicted octanol–water partition coefficient (Wildman–Crippen LogP) is 1.29. The Morgan fingerprint density at radius 2 is 1.89 bits per heavy atom. The van der Waals surface area contributed by atoms with E-state index in [9.17, 15) is 0 Å². The zero-order chi connectivity index (χ0) is 14.0.